The molecule has 2 aromatic carbocycles. The minimum Gasteiger partial charge on any atom is -0.331 e. The molecule has 1 saturated carbocycles. The second-order valence-corrected chi connectivity index (χ2v) is 7.99. The van der Waals surface area contributed by atoms with Crippen LogP contribution in [0.15, 0.2) is 36.4 Å². The van der Waals surface area contributed by atoms with E-state index < -0.39 is 5.82 Å². The molecule has 0 atom stereocenters. The first-order valence-corrected chi connectivity index (χ1v) is 10.0. The number of carbonyl (C=O) groups excluding carboxylic acids is 2. The molecule has 146 valence electrons. The summed E-state index contributed by atoms with van der Waals surface area (Å²) in [6.45, 7) is 0.697. The highest BCUT2D eigenvalue weighted by Gasteiger charge is 2.34. The van der Waals surface area contributed by atoms with Gasteiger partial charge in [0.1, 0.15) is 5.82 Å². The zero-order valence-electron chi connectivity index (χ0n) is 15.1. The molecule has 2 fully saturated rings. The quantitative estimate of drug-likeness (QED) is 0.677. The van der Waals surface area contributed by atoms with E-state index in [4.69, 9.17) is 23.2 Å². The normalized spacial score (nSPS) is 16.5. The maximum atomic E-state index is 14.2. The van der Waals surface area contributed by atoms with Gasteiger partial charge in [0.05, 0.1) is 17.3 Å². The summed E-state index contributed by atoms with van der Waals surface area (Å²) in [6, 6.07) is 9.51. The zero-order chi connectivity index (χ0) is 19.8. The highest BCUT2D eigenvalue weighted by Crippen LogP contribution is 2.34. The summed E-state index contributed by atoms with van der Waals surface area (Å²) in [5.74, 6) is -0.638. The van der Waals surface area contributed by atoms with Crippen LogP contribution >= 0.6 is 23.2 Å². The maximum absolute atomic E-state index is 14.2. The summed E-state index contributed by atoms with van der Waals surface area (Å²) in [5, 5.41) is 0.736. The Morgan fingerprint density at radius 1 is 1.18 bits per heavy atom. The number of hydrogen-bond acceptors (Lipinski definition) is 2. The Bertz CT molecular complexity index is 926. The van der Waals surface area contributed by atoms with E-state index in [9.17, 15) is 14.0 Å². The largest absolute Gasteiger partial charge is 0.331 e. The first-order valence-electron chi connectivity index (χ1n) is 9.29. The van der Waals surface area contributed by atoms with Crippen molar-refractivity contribution in [3.8, 4) is 0 Å². The average Bonchev–Trinajstić information content (AvgIpc) is 3.42. The fraction of sp³-hybridized carbons (Fsp3) is 0.333. The lowest BCUT2D eigenvalue weighted by molar-refractivity contribution is -0.117. The molecule has 4 rings (SSSR count). The third kappa shape index (κ3) is 3.74. The Hall–Kier alpha value is -2.11. The molecule has 0 bridgehead atoms. The highest BCUT2D eigenvalue weighted by molar-refractivity contribution is 6.34. The Kier molecular flexibility index (Phi) is 5.30. The first-order chi connectivity index (χ1) is 13.5. The Labute approximate surface area is 172 Å². The van der Waals surface area contributed by atoms with Crippen LogP contribution in [-0.2, 0) is 11.3 Å². The van der Waals surface area contributed by atoms with Gasteiger partial charge in [-0.1, -0.05) is 29.3 Å². The zero-order valence-corrected chi connectivity index (χ0v) is 16.6. The van der Waals surface area contributed by atoms with Gasteiger partial charge >= 0.3 is 0 Å². The second-order valence-electron chi connectivity index (χ2n) is 7.18. The Balaban J connectivity index is 1.64. The van der Waals surface area contributed by atoms with Crippen molar-refractivity contribution in [3.05, 3.63) is 63.4 Å². The lowest BCUT2D eigenvalue weighted by Gasteiger charge is -2.25. The molecule has 2 aliphatic rings. The molecule has 4 nitrogen and oxygen atoms in total. The van der Waals surface area contributed by atoms with E-state index in [0.29, 0.717) is 39.8 Å². The Morgan fingerprint density at radius 3 is 2.61 bits per heavy atom. The molecule has 0 radical (unpaired) electrons. The molecular formula is C21H19Cl2FN2O2. The van der Waals surface area contributed by atoms with Gasteiger partial charge in [-0.2, -0.15) is 0 Å². The summed E-state index contributed by atoms with van der Waals surface area (Å²) in [6.07, 6.45) is 3.01. The van der Waals surface area contributed by atoms with Crippen molar-refractivity contribution >= 4 is 40.7 Å². The number of halogens is 3. The van der Waals surface area contributed by atoms with Gasteiger partial charge in [-0.25, -0.2) is 4.39 Å². The van der Waals surface area contributed by atoms with E-state index >= 15 is 0 Å². The van der Waals surface area contributed by atoms with Gasteiger partial charge in [-0.3, -0.25) is 9.59 Å². The number of anilines is 1. The molecule has 0 N–H and O–H groups in total. The van der Waals surface area contributed by atoms with E-state index in [2.05, 4.69) is 0 Å². The average molecular weight is 421 g/mol. The van der Waals surface area contributed by atoms with Crippen LogP contribution < -0.4 is 4.90 Å². The molecule has 0 spiro atoms. The molecule has 1 saturated heterocycles. The lowest BCUT2D eigenvalue weighted by Crippen LogP contribution is -2.33. The minimum absolute atomic E-state index is 0.00341. The van der Waals surface area contributed by atoms with Crippen LogP contribution in [0.4, 0.5) is 10.1 Å². The van der Waals surface area contributed by atoms with Crippen molar-refractivity contribution in [3.63, 3.8) is 0 Å². The van der Waals surface area contributed by atoms with Crippen molar-refractivity contribution in [2.24, 2.45) is 0 Å². The topological polar surface area (TPSA) is 40.6 Å². The molecule has 1 aliphatic carbocycles. The van der Waals surface area contributed by atoms with E-state index in [-0.39, 0.29) is 24.4 Å². The fourth-order valence-electron chi connectivity index (χ4n) is 3.53. The van der Waals surface area contributed by atoms with Gasteiger partial charge in [-0.15, -0.1) is 0 Å². The smallest absolute Gasteiger partial charge is 0.254 e. The minimum atomic E-state index is -0.426. The van der Waals surface area contributed by atoms with Gasteiger partial charge in [0.15, 0.2) is 0 Å². The van der Waals surface area contributed by atoms with E-state index in [1.807, 2.05) is 0 Å². The van der Waals surface area contributed by atoms with Crippen molar-refractivity contribution < 1.29 is 14.0 Å². The fourth-order valence-corrected chi connectivity index (χ4v) is 3.97. The van der Waals surface area contributed by atoms with Crippen LogP contribution in [0.5, 0.6) is 0 Å². The molecule has 2 amide bonds. The Morgan fingerprint density at radius 2 is 1.96 bits per heavy atom. The van der Waals surface area contributed by atoms with Gasteiger partial charge in [0.2, 0.25) is 5.91 Å². The lowest BCUT2D eigenvalue weighted by atomic mass is 10.1. The summed E-state index contributed by atoms with van der Waals surface area (Å²) < 4.78 is 14.2. The van der Waals surface area contributed by atoms with Gasteiger partial charge < -0.3 is 9.80 Å². The summed E-state index contributed by atoms with van der Waals surface area (Å²) in [7, 11) is 0. The molecule has 2 aromatic rings. The summed E-state index contributed by atoms with van der Waals surface area (Å²) in [5.41, 5.74) is 1.29. The van der Waals surface area contributed by atoms with Crippen LogP contribution in [0.25, 0.3) is 0 Å². The number of nitrogens with zero attached hydrogens (tertiary/aromatic N) is 2. The van der Waals surface area contributed by atoms with Crippen molar-refractivity contribution in [1.82, 2.24) is 4.90 Å². The predicted octanol–water partition coefficient (Wildman–Crippen LogP) is 5.06. The molecular weight excluding hydrogens is 402 g/mol. The van der Waals surface area contributed by atoms with Crippen LogP contribution in [0.3, 0.4) is 0 Å². The van der Waals surface area contributed by atoms with Crippen LogP contribution in [-0.4, -0.2) is 29.3 Å². The molecule has 1 heterocycles. The number of carbonyl (C=O) groups is 2. The number of hydrogen-bond donors (Lipinski definition) is 0. The molecule has 0 unspecified atom stereocenters. The number of rotatable bonds is 5. The third-order valence-corrected chi connectivity index (χ3v) is 5.87. The van der Waals surface area contributed by atoms with Crippen LogP contribution in [0.1, 0.15) is 41.6 Å². The van der Waals surface area contributed by atoms with Crippen molar-refractivity contribution in [2.45, 2.75) is 38.3 Å². The van der Waals surface area contributed by atoms with Crippen LogP contribution in [0.2, 0.25) is 10.0 Å². The third-order valence-electron chi connectivity index (χ3n) is 5.20. The predicted molar refractivity (Wildman–Crippen MR) is 107 cm³/mol. The summed E-state index contributed by atoms with van der Waals surface area (Å²) >= 11 is 12.4. The SMILES string of the molecule is O=C1CCCN1c1cc(C(=O)N(Cc2c(F)cccc2Cl)C2CC2)ccc1Cl. The van der Waals surface area contributed by atoms with Crippen molar-refractivity contribution in [1.29, 1.82) is 0 Å². The second kappa shape index (κ2) is 7.72. The standard InChI is InChI=1S/C21H19Cl2FN2O2/c22-16-3-1-4-18(24)15(16)12-26(14-7-8-14)21(28)13-6-9-17(23)19(11-13)25-10-2-5-20(25)27/h1,3-4,6,9,11,14H,2,5,7-8,10,12H2. The van der Waals surface area contributed by atoms with Gasteiger partial charge in [0.25, 0.3) is 5.91 Å². The maximum Gasteiger partial charge on any atom is 0.254 e. The molecule has 0 aromatic heterocycles. The summed E-state index contributed by atoms with van der Waals surface area (Å²) in [4.78, 5) is 28.6. The highest BCUT2D eigenvalue weighted by atomic mass is 35.5. The van der Waals surface area contributed by atoms with Crippen molar-refractivity contribution in [2.75, 3.05) is 11.4 Å². The van der Waals surface area contributed by atoms with Crippen LogP contribution in [0, 0.1) is 5.82 Å². The monoisotopic (exact) mass is 420 g/mol. The van der Waals surface area contributed by atoms with E-state index in [1.165, 1.54) is 6.07 Å². The van der Waals surface area contributed by atoms with Gasteiger partial charge in [-0.05, 0) is 49.6 Å². The van der Waals surface area contributed by atoms with Gasteiger partial charge in [0, 0.05) is 35.2 Å². The molecule has 28 heavy (non-hydrogen) atoms. The van der Waals surface area contributed by atoms with E-state index in [0.717, 1.165) is 19.3 Å². The first kappa shape index (κ1) is 19.2. The molecule has 1 aliphatic heterocycles. The number of amides is 2. The number of benzene rings is 2. The molecule has 7 heteroatoms. The van der Waals surface area contributed by atoms with E-state index in [1.54, 1.807) is 40.1 Å².